The van der Waals surface area contributed by atoms with Gasteiger partial charge in [0.25, 0.3) is 5.91 Å². The lowest BCUT2D eigenvalue weighted by Gasteiger charge is -2.37. The van der Waals surface area contributed by atoms with Crippen LogP contribution in [0.1, 0.15) is 55.8 Å². The summed E-state index contributed by atoms with van der Waals surface area (Å²) >= 11 is 0. The largest absolute Gasteiger partial charge is 0.352 e. The quantitative estimate of drug-likeness (QED) is 0.824. The smallest absolute Gasteiger partial charge is 0.253 e. The predicted molar refractivity (Wildman–Crippen MR) is 103 cm³/mol. The fourth-order valence-electron chi connectivity index (χ4n) is 4.00. The van der Waals surface area contributed by atoms with Gasteiger partial charge in [-0.3, -0.25) is 14.5 Å². The first-order valence-corrected chi connectivity index (χ1v) is 10.1. The first-order chi connectivity index (χ1) is 13.0. The number of benzene rings is 1. The summed E-state index contributed by atoms with van der Waals surface area (Å²) in [6.07, 6.45) is 7.10. The Morgan fingerprint density at radius 3 is 2.19 bits per heavy atom. The van der Waals surface area contributed by atoms with Crippen molar-refractivity contribution >= 4 is 11.8 Å². The van der Waals surface area contributed by atoms with Gasteiger partial charge in [0.05, 0.1) is 6.04 Å². The van der Waals surface area contributed by atoms with Crippen molar-refractivity contribution in [2.24, 2.45) is 0 Å². The predicted octanol–water partition coefficient (Wildman–Crippen LogP) is 2.81. The molecule has 5 nitrogen and oxygen atoms in total. The molecule has 1 aromatic rings. The molecular formula is C21H30FN3O2. The lowest BCUT2D eigenvalue weighted by atomic mass is 10.1. The Kier molecular flexibility index (Phi) is 6.83. The van der Waals surface area contributed by atoms with Crippen molar-refractivity contribution in [3.63, 3.8) is 0 Å². The van der Waals surface area contributed by atoms with E-state index in [9.17, 15) is 14.0 Å². The summed E-state index contributed by atoms with van der Waals surface area (Å²) in [7, 11) is 0. The van der Waals surface area contributed by atoms with Crippen LogP contribution in [0.5, 0.6) is 0 Å². The van der Waals surface area contributed by atoms with E-state index in [2.05, 4.69) is 10.2 Å². The third-order valence-corrected chi connectivity index (χ3v) is 5.82. The molecular weight excluding hydrogens is 345 g/mol. The van der Waals surface area contributed by atoms with E-state index in [4.69, 9.17) is 0 Å². The fourth-order valence-corrected chi connectivity index (χ4v) is 4.00. The van der Waals surface area contributed by atoms with Gasteiger partial charge in [0.15, 0.2) is 0 Å². The van der Waals surface area contributed by atoms with Crippen molar-refractivity contribution in [3.05, 3.63) is 35.6 Å². The maximum absolute atomic E-state index is 13.0. The standard InChI is InChI=1S/C21H30FN3O2/c1-16(20(26)23-19-6-4-2-3-5-7-19)24-12-14-25(15-13-24)21(27)17-8-10-18(22)11-9-17/h8-11,16,19H,2-7,12-15H2,1H3,(H,23,26). The normalized spacial score (nSPS) is 20.7. The number of amides is 2. The first-order valence-electron chi connectivity index (χ1n) is 10.1. The Hall–Kier alpha value is -1.95. The highest BCUT2D eigenvalue weighted by atomic mass is 19.1. The Morgan fingerprint density at radius 2 is 1.59 bits per heavy atom. The molecule has 1 aromatic carbocycles. The van der Waals surface area contributed by atoms with Gasteiger partial charge < -0.3 is 10.2 Å². The highest BCUT2D eigenvalue weighted by Gasteiger charge is 2.29. The number of carbonyl (C=O) groups excluding carboxylic acids is 2. The maximum atomic E-state index is 13.0. The zero-order valence-electron chi connectivity index (χ0n) is 16.1. The lowest BCUT2D eigenvalue weighted by molar-refractivity contribution is -0.127. The molecule has 2 fully saturated rings. The topological polar surface area (TPSA) is 52.7 Å². The molecule has 1 unspecified atom stereocenters. The van der Waals surface area contributed by atoms with Gasteiger partial charge in [-0.1, -0.05) is 25.7 Å². The van der Waals surface area contributed by atoms with Gasteiger partial charge >= 0.3 is 0 Å². The summed E-state index contributed by atoms with van der Waals surface area (Å²) < 4.78 is 13.0. The Bertz CT molecular complexity index is 633. The number of hydrogen-bond donors (Lipinski definition) is 1. The molecule has 0 aromatic heterocycles. The summed E-state index contributed by atoms with van der Waals surface area (Å²) in [5.74, 6) is -0.324. The van der Waals surface area contributed by atoms with Crippen LogP contribution in [0, 0.1) is 5.82 Å². The van der Waals surface area contributed by atoms with Crippen LogP contribution in [0.4, 0.5) is 4.39 Å². The van der Waals surface area contributed by atoms with E-state index in [1.54, 1.807) is 4.90 Å². The second kappa shape index (κ2) is 9.31. The minimum Gasteiger partial charge on any atom is -0.352 e. The molecule has 1 N–H and O–H groups in total. The molecule has 0 spiro atoms. The number of rotatable bonds is 4. The second-order valence-electron chi connectivity index (χ2n) is 7.71. The van der Waals surface area contributed by atoms with Crippen molar-refractivity contribution < 1.29 is 14.0 Å². The van der Waals surface area contributed by atoms with Crippen LogP contribution in [0.3, 0.4) is 0 Å². The molecule has 0 radical (unpaired) electrons. The number of nitrogens with zero attached hydrogens (tertiary/aromatic N) is 2. The summed E-state index contributed by atoms with van der Waals surface area (Å²) in [4.78, 5) is 29.1. The molecule has 2 amide bonds. The van der Waals surface area contributed by atoms with Crippen molar-refractivity contribution in [3.8, 4) is 0 Å². The zero-order chi connectivity index (χ0) is 19.2. The van der Waals surface area contributed by atoms with E-state index >= 15 is 0 Å². The van der Waals surface area contributed by atoms with Crippen LogP contribution >= 0.6 is 0 Å². The molecule has 1 saturated heterocycles. The third kappa shape index (κ3) is 5.28. The number of halogens is 1. The van der Waals surface area contributed by atoms with E-state index in [-0.39, 0.29) is 23.7 Å². The summed E-state index contributed by atoms with van der Waals surface area (Å²) in [5, 5.41) is 3.22. The van der Waals surface area contributed by atoms with Gasteiger partial charge in [-0.25, -0.2) is 4.39 Å². The minimum absolute atomic E-state index is 0.0785. The van der Waals surface area contributed by atoms with Crippen LogP contribution in [0.15, 0.2) is 24.3 Å². The van der Waals surface area contributed by atoms with E-state index < -0.39 is 0 Å². The van der Waals surface area contributed by atoms with E-state index in [1.165, 1.54) is 49.9 Å². The third-order valence-electron chi connectivity index (χ3n) is 5.82. The molecule has 1 saturated carbocycles. The molecule has 1 aliphatic carbocycles. The van der Waals surface area contributed by atoms with Crippen molar-refractivity contribution in [1.29, 1.82) is 0 Å². The molecule has 1 atom stereocenters. The molecule has 1 heterocycles. The van der Waals surface area contributed by atoms with Gasteiger partial charge in [0.2, 0.25) is 5.91 Å². The number of nitrogens with one attached hydrogen (secondary N) is 1. The van der Waals surface area contributed by atoms with Gasteiger partial charge in [-0.2, -0.15) is 0 Å². The molecule has 1 aliphatic heterocycles. The van der Waals surface area contributed by atoms with Crippen molar-refractivity contribution in [2.75, 3.05) is 26.2 Å². The molecule has 6 heteroatoms. The Labute approximate surface area is 160 Å². The molecule has 2 aliphatic rings. The molecule has 148 valence electrons. The minimum atomic E-state index is -0.343. The SMILES string of the molecule is CC(C(=O)NC1CCCCCC1)N1CCN(C(=O)c2ccc(F)cc2)CC1. The number of piperazine rings is 1. The Balaban J connectivity index is 1.48. The van der Waals surface area contributed by atoms with Crippen molar-refractivity contribution in [2.45, 2.75) is 57.5 Å². The number of carbonyl (C=O) groups is 2. The molecule has 27 heavy (non-hydrogen) atoms. The number of hydrogen-bond acceptors (Lipinski definition) is 3. The molecule has 3 rings (SSSR count). The van der Waals surface area contributed by atoms with E-state index in [1.807, 2.05) is 6.92 Å². The van der Waals surface area contributed by atoms with Crippen LogP contribution < -0.4 is 5.32 Å². The second-order valence-corrected chi connectivity index (χ2v) is 7.71. The molecule has 0 bridgehead atoms. The average molecular weight is 375 g/mol. The van der Waals surface area contributed by atoms with Gasteiger partial charge in [-0.15, -0.1) is 0 Å². The van der Waals surface area contributed by atoms with Gasteiger partial charge in [0, 0.05) is 37.8 Å². The summed E-state index contributed by atoms with van der Waals surface area (Å²) in [6, 6.07) is 5.78. The van der Waals surface area contributed by atoms with Crippen LogP contribution in [0.2, 0.25) is 0 Å². The van der Waals surface area contributed by atoms with Crippen molar-refractivity contribution in [1.82, 2.24) is 15.1 Å². The van der Waals surface area contributed by atoms with Crippen LogP contribution in [-0.4, -0.2) is 59.9 Å². The Morgan fingerprint density at radius 1 is 1.00 bits per heavy atom. The van der Waals surface area contributed by atoms with E-state index in [0.29, 0.717) is 37.8 Å². The van der Waals surface area contributed by atoms with Gasteiger partial charge in [-0.05, 0) is 44.0 Å². The monoisotopic (exact) mass is 375 g/mol. The summed E-state index contributed by atoms with van der Waals surface area (Å²) in [6.45, 7) is 4.45. The van der Waals surface area contributed by atoms with Crippen LogP contribution in [0.25, 0.3) is 0 Å². The highest BCUT2D eigenvalue weighted by Crippen LogP contribution is 2.18. The first kappa shape index (κ1) is 19.8. The maximum Gasteiger partial charge on any atom is 0.253 e. The van der Waals surface area contributed by atoms with Crippen LogP contribution in [-0.2, 0) is 4.79 Å². The average Bonchev–Trinajstić information content (AvgIpc) is 2.96. The van der Waals surface area contributed by atoms with E-state index in [0.717, 1.165) is 12.8 Å². The highest BCUT2D eigenvalue weighted by molar-refractivity contribution is 5.94. The summed E-state index contributed by atoms with van der Waals surface area (Å²) in [5.41, 5.74) is 0.504. The van der Waals surface area contributed by atoms with Gasteiger partial charge in [0.1, 0.15) is 5.82 Å². The zero-order valence-corrected chi connectivity index (χ0v) is 16.1. The lowest BCUT2D eigenvalue weighted by Crippen LogP contribution is -2.55. The fraction of sp³-hybridized carbons (Fsp3) is 0.619.